The standard InChI is InChI=1S/C20H19ClN4O2/c1-11-7-16(8-12(2)17(11)21)27-20-18(22)19(23-10-24-20)25-15-6-4-5-14(9-15)13(3)26/h4-10H,22H2,1-3H3,(H,23,24,25). The van der Waals surface area contributed by atoms with Crippen LogP contribution in [0, 0.1) is 13.8 Å². The molecule has 138 valence electrons. The molecule has 0 unspecified atom stereocenters. The smallest absolute Gasteiger partial charge is 0.248 e. The number of carbonyl (C=O) groups excluding carboxylic acids is 1. The topological polar surface area (TPSA) is 90.1 Å². The number of nitrogens with zero attached hydrogens (tertiary/aromatic N) is 2. The lowest BCUT2D eigenvalue weighted by Gasteiger charge is -2.13. The van der Waals surface area contributed by atoms with Crippen LogP contribution in [0.2, 0.25) is 5.02 Å². The van der Waals surface area contributed by atoms with Crippen molar-refractivity contribution in [2.24, 2.45) is 0 Å². The molecule has 7 heteroatoms. The summed E-state index contributed by atoms with van der Waals surface area (Å²) in [5, 5.41) is 3.80. The van der Waals surface area contributed by atoms with E-state index in [9.17, 15) is 4.79 Å². The summed E-state index contributed by atoms with van der Waals surface area (Å²) in [5.41, 5.74) is 9.53. The van der Waals surface area contributed by atoms with Crippen LogP contribution in [0.5, 0.6) is 11.6 Å². The van der Waals surface area contributed by atoms with Crippen molar-refractivity contribution in [1.29, 1.82) is 0 Å². The lowest BCUT2D eigenvalue weighted by Crippen LogP contribution is -2.04. The van der Waals surface area contributed by atoms with Gasteiger partial charge in [0.15, 0.2) is 11.6 Å². The van der Waals surface area contributed by atoms with E-state index in [1.54, 1.807) is 18.2 Å². The first-order valence-electron chi connectivity index (χ1n) is 8.28. The summed E-state index contributed by atoms with van der Waals surface area (Å²) in [6, 6.07) is 10.7. The molecule has 3 aromatic rings. The highest BCUT2D eigenvalue weighted by molar-refractivity contribution is 6.32. The highest BCUT2D eigenvalue weighted by Gasteiger charge is 2.12. The quantitative estimate of drug-likeness (QED) is 0.599. The molecule has 3 N–H and O–H groups in total. The number of Topliss-reactive ketones (excluding diaryl/α,β-unsaturated/α-hetero) is 1. The van der Waals surface area contributed by atoms with Gasteiger partial charge in [-0.15, -0.1) is 0 Å². The number of benzene rings is 2. The van der Waals surface area contributed by atoms with Crippen LogP contribution in [0.25, 0.3) is 0 Å². The van der Waals surface area contributed by atoms with E-state index in [0.29, 0.717) is 27.8 Å². The number of hydrogen-bond acceptors (Lipinski definition) is 6. The second-order valence-corrected chi connectivity index (χ2v) is 6.55. The van der Waals surface area contributed by atoms with Gasteiger partial charge in [0.1, 0.15) is 17.8 Å². The number of nitrogen functional groups attached to an aromatic ring is 1. The van der Waals surface area contributed by atoms with E-state index in [1.807, 2.05) is 32.0 Å². The van der Waals surface area contributed by atoms with Gasteiger partial charge in [0, 0.05) is 16.3 Å². The third-order valence-electron chi connectivity index (χ3n) is 4.00. The molecule has 0 fully saturated rings. The van der Waals surface area contributed by atoms with E-state index in [4.69, 9.17) is 22.1 Å². The van der Waals surface area contributed by atoms with Crippen molar-refractivity contribution in [1.82, 2.24) is 9.97 Å². The fraction of sp³-hybridized carbons (Fsp3) is 0.150. The molecule has 2 aromatic carbocycles. The number of aromatic nitrogens is 2. The van der Waals surface area contributed by atoms with E-state index in [1.165, 1.54) is 13.3 Å². The van der Waals surface area contributed by atoms with Crippen LogP contribution >= 0.6 is 11.6 Å². The van der Waals surface area contributed by atoms with Gasteiger partial charge >= 0.3 is 0 Å². The molecule has 1 heterocycles. The molecule has 0 amide bonds. The Labute approximate surface area is 162 Å². The molecular formula is C20H19ClN4O2. The fourth-order valence-corrected chi connectivity index (χ4v) is 2.70. The molecule has 0 spiro atoms. The van der Waals surface area contributed by atoms with Crippen molar-refractivity contribution in [2.75, 3.05) is 11.1 Å². The molecule has 27 heavy (non-hydrogen) atoms. The summed E-state index contributed by atoms with van der Waals surface area (Å²) in [5.74, 6) is 1.19. The van der Waals surface area contributed by atoms with Crippen LogP contribution in [0.15, 0.2) is 42.7 Å². The third-order valence-corrected chi connectivity index (χ3v) is 4.60. The molecular weight excluding hydrogens is 364 g/mol. The molecule has 0 aliphatic rings. The summed E-state index contributed by atoms with van der Waals surface area (Å²) < 4.78 is 5.84. The highest BCUT2D eigenvalue weighted by Crippen LogP contribution is 2.33. The molecule has 0 bridgehead atoms. The summed E-state index contributed by atoms with van der Waals surface area (Å²) >= 11 is 6.19. The summed E-state index contributed by atoms with van der Waals surface area (Å²) in [7, 11) is 0. The van der Waals surface area contributed by atoms with Crippen molar-refractivity contribution >= 4 is 34.6 Å². The van der Waals surface area contributed by atoms with Gasteiger partial charge in [-0.25, -0.2) is 4.98 Å². The molecule has 0 saturated heterocycles. The normalized spacial score (nSPS) is 10.5. The van der Waals surface area contributed by atoms with Gasteiger partial charge in [-0.1, -0.05) is 23.7 Å². The molecule has 0 saturated carbocycles. The molecule has 0 aliphatic carbocycles. The molecule has 0 atom stereocenters. The lowest BCUT2D eigenvalue weighted by molar-refractivity contribution is 0.101. The van der Waals surface area contributed by atoms with Crippen LogP contribution in [0.4, 0.5) is 17.2 Å². The van der Waals surface area contributed by atoms with Crippen molar-refractivity contribution in [2.45, 2.75) is 20.8 Å². The molecule has 0 radical (unpaired) electrons. The highest BCUT2D eigenvalue weighted by atomic mass is 35.5. The maximum absolute atomic E-state index is 11.5. The maximum Gasteiger partial charge on any atom is 0.248 e. The fourth-order valence-electron chi connectivity index (χ4n) is 2.59. The van der Waals surface area contributed by atoms with Crippen molar-refractivity contribution in [3.8, 4) is 11.6 Å². The van der Waals surface area contributed by atoms with Gasteiger partial charge in [-0.2, -0.15) is 4.98 Å². The minimum absolute atomic E-state index is 0.0215. The summed E-state index contributed by atoms with van der Waals surface area (Å²) in [6.45, 7) is 5.32. The van der Waals surface area contributed by atoms with Gasteiger partial charge in [0.05, 0.1) is 0 Å². The third kappa shape index (κ3) is 4.17. The van der Waals surface area contributed by atoms with Crippen LogP contribution < -0.4 is 15.8 Å². The number of ether oxygens (including phenoxy) is 1. The predicted octanol–water partition coefficient (Wildman–Crippen LogP) is 5.07. The van der Waals surface area contributed by atoms with Crippen molar-refractivity contribution in [3.63, 3.8) is 0 Å². The first-order chi connectivity index (χ1) is 12.8. The minimum atomic E-state index is -0.0215. The van der Waals surface area contributed by atoms with Gasteiger partial charge in [0.2, 0.25) is 5.88 Å². The Morgan fingerprint density at radius 1 is 1.15 bits per heavy atom. The number of aryl methyl sites for hydroxylation is 2. The number of nitrogens with one attached hydrogen (secondary N) is 1. The van der Waals surface area contributed by atoms with E-state index >= 15 is 0 Å². The Bertz CT molecular complexity index is 998. The van der Waals surface area contributed by atoms with Gasteiger partial charge in [-0.3, -0.25) is 4.79 Å². The van der Waals surface area contributed by atoms with Gasteiger partial charge < -0.3 is 15.8 Å². The Hall–Kier alpha value is -3.12. The molecule has 3 rings (SSSR count). The largest absolute Gasteiger partial charge is 0.437 e. The maximum atomic E-state index is 11.5. The van der Waals surface area contributed by atoms with Crippen LogP contribution in [0.1, 0.15) is 28.4 Å². The Morgan fingerprint density at radius 2 is 1.85 bits per heavy atom. The second-order valence-electron chi connectivity index (χ2n) is 6.18. The Balaban J connectivity index is 1.88. The van der Waals surface area contributed by atoms with E-state index in [-0.39, 0.29) is 17.4 Å². The van der Waals surface area contributed by atoms with Crippen LogP contribution in [-0.4, -0.2) is 15.8 Å². The number of hydrogen-bond donors (Lipinski definition) is 2. The summed E-state index contributed by atoms with van der Waals surface area (Å²) in [4.78, 5) is 19.8. The van der Waals surface area contributed by atoms with E-state index in [0.717, 1.165) is 11.1 Å². The first kappa shape index (κ1) is 18.7. The Morgan fingerprint density at radius 3 is 2.52 bits per heavy atom. The van der Waals surface area contributed by atoms with E-state index < -0.39 is 0 Å². The molecule has 1 aromatic heterocycles. The number of halogens is 1. The number of rotatable bonds is 5. The van der Waals surface area contributed by atoms with Crippen LogP contribution in [0.3, 0.4) is 0 Å². The zero-order chi connectivity index (χ0) is 19.6. The summed E-state index contributed by atoms with van der Waals surface area (Å²) in [6.07, 6.45) is 1.36. The Kier molecular flexibility index (Phi) is 5.28. The molecule has 0 aliphatic heterocycles. The first-order valence-corrected chi connectivity index (χ1v) is 8.66. The van der Waals surface area contributed by atoms with Gasteiger partial charge in [0.25, 0.3) is 0 Å². The van der Waals surface area contributed by atoms with Crippen molar-refractivity contribution in [3.05, 3.63) is 64.4 Å². The minimum Gasteiger partial charge on any atom is -0.437 e. The monoisotopic (exact) mass is 382 g/mol. The molecule has 6 nitrogen and oxygen atoms in total. The SMILES string of the molecule is CC(=O)c1cccc(Nc2ncnc(Oc3cc(C)c(Cl)c(C)c3)c2N)c1. The lowest BCUT2D eigenvalue weighted by atomic mass is 10.1. The van der Waals surface area contributed by atoms with Crippen molar-refractivity contribution < 1.29 is 9.53 Å². The zero-order valence-electron chi connectivity index (χ0n) is 15.2. The number of anilines is 3. The zero-order valence-corrected chi connectivity index (χ0v) is 16.0. The number of carbonyl (C=O) groups is 1. The average molecular weight is 383 g/mol. The van der Waals surface area contributed by atoms with Gasteiger partial charge in [-0.05, 0) is 56.2 Å². The van der Waals surface area contributed by atoms with Crippen LogP contribution in [-0.2, 0) is 0 Å². The predicted molar refractivity (Wildman–Crippen MR) is 107 cm³/mol. The number of ketones is 1. The van der Waals surface area contributed by atoms with E-state index in [2.05, 4.69) is 15.3 Å². The second kappa shape index (κ2) is 7.63. The average Bonchev–Trinajstić information content (AvgIpc) is 2.63. The number of nitrogens with two attached hydrogens (primary N) is 1.